The van der Waals surface area contributed by atoms with Crippen LogP contribution in [0.4, 0.5) is 8.78 Å². The average molecular weight is 360 g/mol. The Morgan fingerprint density at radius 2 is 2.00 bits per heavy atom. The smallest absolute Gasteiger partial charge is 0.387 e. The number of hydrogen-bond donors (Lipinski definition) is 1. The summed E-state index contributed by atoms with van der Waals surface area (Å²) in [7, 11) is 0. The molecule has 0 spiro atoms. The molecule has 128 valence electrons. The predicted molar refractivity (Wildman–Crippen MR) is 94.3 cm³/mol. The average Bonchev–Trinajstić information content (AvgIpc) is 3.14. The summed E-state index contributed by atoms with van der Waals surface area (Å²) >= 11 is 1.59. The van der Waals surface area contributed by atoms with E-state index in [1.807, 2.05) is 0 Å². The summed E-state index contributed by atoms with van der Waals surface area (Å²) in [6.07, 6.45) is 6.53. The summed E-state index contributed by atoms with van der Waals surface area (Å²) in [6.45, 7) is -2.84. The van der Waals surface area contributed by atoms with E-state index in [1.165, 1.54) is 17.0 Å². The van der Waals surface area contributed by atoms with Gasteiger partial charge in [-0.05, 0) is 48.6 Å². The largest absolute Gasteiger partial charge is 0.435 e. The molecule has 7 heteroatoms. The van der Waals surface area contributed by atoms with E-state index in [4.69, 9.17) is 0 Å². The lowest BCUT2D eigenvalue weighted by atomic mass is 10.2. The molecule has 4 rings (SSSR count). The summed E-state index contributed by atoms with van der Waals surface area (Å²) in [5.74, 6) is 0.582. The maximum absolute atomic E-state index is 12.4. The number of rotatable bonds is 4. The molecule has 0 bridgehead atoms. The van der Waals surface area contributed by atoms with Gasteiger partial charge in [0.15, 0.2) is 0 Å². The van der Waals surface area contributed by atoms with Crippen LogP contribution in [0.25, 0.3) is 22.4 Å². The molecule has 0 saturated heterocycles. The van der Waals surface area contributed by atoms with Gasteiger partial charge in [0.05, 0.1) is 5.39 Å². The van der Waals surface area contributed by atoms with Crippen LogP contribution in [0.1, 0.15) is 28.2 Å². The first kappa shape index (κ1) is 16.0. The molecule has 0 saturated carbocycles. The van der Waals surface area contributed by atoms with Crippen molar-refractivity contribution in [2.75, 3.05) is 0 Å². The van der Waals surface area contributed by atoms with Crippen molar-refractivity contribution < 1.29 is 13.5 Å². The molecule has 0 radical (unpaired) electrons. The van der Waals surface area contributed by atoms with Gasteiger partial charge >= 0.3 is 6.61 Å². The van der Waals surface area contributed by atoms with Crippen LogP contribution in [-0.2, 0) is 12.8 Å². The number of aromatic amines is 1. The maximum atomic E-state index is 12.4. The fourth-order valence-electron chi connectivity index (χ4n) is 3.03. The molecule has 0 atom stereocenters. The first-order valence-electron chi connectivity index (χ1n) is 7.88. The second-order valence-electron chi connectivity index (χ2n) is 5.77. The van der Waals surface area contributed by atoms with E-state index in [2.05, 4.69) is 14.7 Å². The zero-order valence-corrected chi connectivity index (χ0v) is 13.9. The van der Waals surface area contributed by atoms with Gasteiger partial charge < -0.3 is 9.72 Å². The zero-order valence-electron chi connectivity index (χ0n) is 13.1. The van der Waals surface area contributed by atoms with E-state index in [-0.39, 0.29) is 11.3 Å². The standard InChI is InChI=1S/C18H14F2N2O2S/c19-18(20)24-11-7-4-10(5-8-11)6-9-14-21-16(23)15-12-2-1-3-13(12)25-17(15)22-14/h4-9,18H,1-3H2,(H,21,22,23)/b9-6+. The van der Waals surface area contributed by atoms with Gasteiger partial charge in [0.1, 0.15) is 16.4 Å². The van der Waals surface area contributed by atoms with Crippen molar-refractivity contribution in [1.29, 1.82) is 0 Å². The lowest BCUT2D eigenvalue weighted by molar-refractivity contribution is -0.0498. The van der Waals surface area contributed by atoms with Crippen LogP contribution in [0.3, 0.4) is 0 Å². The molecule has 1 aliphatic carbocycles. The van der Waals surface area contributed by atoms with Crippen molar-refractivity contribution in [3.8, 4) is 5.75 Å². The van der Waals surface area contributed by atoms with Crippen LogP contribution in [0, 0.1) is 0 Å². The van der Waals surface area contributed by atoms with Gasteiger partial charge in [-0.1, -0.05) is 18.2 Å². The van der Waals surface area contributed by atoms with Crippen molar-refractivity contribution in [3.05, 3.63) is 56.4 Å². The van der Waals surface area contributed by atoms with Gasteiger partial charge in [0.2, 0.25) is 0 Å². The van der Waals surface area contributed by atoms with E-state index >= 15 is 0 Å². The third-order valence-electron chi connectivity index (χ3n) is 4.13. The topological polar surface area (TPSA) is 55.0 Å². The number of benzene rings is 1. The summed E-state index contributed by atoms with van der Waals surface area (Å²) in [5.41, 5.74) is 1.83. The van der Waals surface area contributed by atoms with Crippen molar-refractivity contribution in [2.24, 2.45) is 0 Å². The molecule has 0 unspecified atom stereocenters. The highest BCUT2D eigenvalue weighted by atomic mass is 32.1. The van der Waals surface area contributed by atoms with Gasteiger partial charge in [-0.2, -0.15) is 8.78 Å². The highest BCUT2D eigenvalue weighted by molar-refractivity contribution is 7.18. The highest BCUT2D eigenvalue weighted by Gasteiger charge is 2.20. The van der Waals surface area contributed by atoms with E-state index in [9.17, 15) is 13.6 Å². The fraction of sp³-hybridized carbons (Fsp3) is 0.222. The molecule has 2 heterocycles. The Balaban J connectivity index is 1.60. The van der Waals surface area contributed by atoms with Crippen LogP contribution >= 0.6 is 11.3 Å². The normalized spacial score (nSPS) is 13.9. The third-order valence-corrected chi connectivity index (χ3v) is 5.32. The minimum absolute atomic E-state index is 0.105. The minimum Gasteiger partial charge on any atom is -0.435 e. The minimum atomic E-state index is -2.84. The number of thiophene rings is 1. The summed E-state index contributed by atoms with van der Waals surface area (Å²) in [6, 6.07) is 6.25. The monoisotopic (exact) mass is 360 g/mol. The SMILES string of the molecule is O=c1[nH]c(/C=C/c2ccc(OC(F)F)cc2)nc2sc3c(c12)CCC3. The quantitative estimate of drug-likeness (QED) is 0.757. The van der Waals surface area contributed by atoms with Crippen molar-refractivity contribution in [2.45, 2.75) is 25.9 Å². The van der Waals surface area contributed by atoms with Gasteiger partial charge in [-0.25, -0.2) is 4.98 Å². The Bertz CT molecular complexity index is 1010. The number of nitrogens with one attached hydrogen (secondary N) is 1. The molecular weight excluding hydrogens is 346 g/mol. The van der Waals surface area contributed by atoms with Crippen LogP contribution < -0.4 is 10.3 Å². The Morgan fingerprint density at radius 3 is 2.76 bits per heavy atom. The van der Waals surface area contributed by atoms with E-state index in [0.717, 1.165) is 40.6 Å². The molecule has 25 heavy (non-hydrogen) atoms. The Kier molecular flexibility index (Phi) is 4.09. The molecule has 0 amide bonds. The second-order valence-corrected chi connectivity index (χ2v) is 6.85. The molecule has 1 N–H and O–H groups in total. The van der Waals surface area contributed by atoms with Crippen LogP contribution in [-0.4, -0.2) is 16.6 Å². The van der Waals surface area contributed by atoms with Crippen LogP contribution in [0.5, 0.6) is 5.75 Å². The summed E-state index contributed by atoms with van der Waals surface area (Å²) < 4.78 is 28.6. The Labute approximate surface area is 145 Å². The van der Waals surface area contributed by atoms with Crippen molar-refractivity contribution in [1.82, 2.24) is 9.97 Å². The lowest BCUT2D eigenvalue weighted by Crippen LogP contribution is -2.09. The number of aromatic nitrogens is 2. The number of alkyl halides is 2. The van der Waals surface area contributed by atoms with E-state index < -0.39 is 6.61 Å². The fourth-order valence-corrected chi connectivity index (χ4v) is 4.30. The number of fused-ring (bicyclic) bond motifs is 3. The predicted octanol–water partition coefficient (Wildman–Crippen LogP) is 4.25. The summed E-state index contributed by atoms with van der Waals surface area (Å²) in [4.78, 5) is 21.7. The van der Waals surface area contributed by atoms with Gasteiger partial charge in [-0.3, -0.25) is 4.79 Å². The molecule has 3 aromatic rings. The Morgan fingerprint density at radius 1 is 1.20 bits per heavy atom. The molecule has 4 nitrogen and oxygen atoms in total. The van der Waals surface area contributed by atoms with E-state index in [0.29, 0.717) is 5.82 Å². The molecule has 2 aromatic heterocycles. The number of ether oxygens (including phenoxy) is 1. The van der Waals surface area contributed by atoms with Crippen LogP contribution in [0.2, 0.25) is 0 Å². The molecular formula is C18H14F2N2O2S. The number of aryl methyl sites for hydroxylation is 2. The van der Waals surface area contributed by atoms with E-state index in [1.54, 1.807) is 35.6 Å². The molecule has 1 aromatic carbocycles. The highest BCUT2D eigenvalue weighted by Crippen LogP contribution is 2.34. The lowest BCUT2D eigenvalue weighted by Gasteiger charge is -2.03. The number of halogens is 2. The van der Waals surface area contributed by atoms with Gasteiger partial charge in [0.25, 0.3) is 5.56 Å². The second kappa shape index (κ2) is 6.40. The zero-order chi connectivity index (χ0) is 17.4. The van der Waals surface area contributed by atoms with Crippen LogP contribution in [0.15, 0.2) is 29.1 Å². The molecule has 0 fully saturated rings. The first-order valence-corrected chi connectivity index (χ1v) is 8.69. The van der Waals surface area contributed by atoms with Gasteiger partial charge in [0, 0.05) is 4.88 Å². The summed E-state index contributed by atoms with van der Waals surface area (Å²) in [5, 5.41) is 0.725. The Hall–Kier alpha value is -2.54. The molecule has 0 aliphatic heterocycles. The number of nitrogens with zero attached hydrogens (tertiary/aromatic N) is 1. The first-order chi connectivity index (χ1) is 12.1. The maximum Gasteiger partial charge on any atom is 0.387 e. The van der Waals surface area contributed by atoms with Crippen molar-refractivity contribution in [3.63, 3.8) is 0 Å². The van der Waals surface area contributed by atoms with Crippen molar-refractivity contribution >= 4 is 33.7 Å². The third kappa shape index (κ3) is 3.19. The van der Waals surface area contributed by atoms with Gasteiger partial charge in [-0.15, -0.1) is 11.3 Å². The number of hydrogen-bond acceptors (Lipinski definition) is 4. The molecule has 1 aliphatic rings. The number of H-pyrrole nitrogens is 1.